The standard InChI is InChI=1S/C9H16BrN3/c1-4-7-9(10)8(6-11-5-2)13(3)12-7/h11H,4-6H2,1-3H3. The van der Waals surface area contributed by atoms with Crippen molar-refractivity contribution in [3.8, 4) is 0 Å². The lowest BCUT2D eigenvalue weighted by atomic mass is 10.3. The minimum absolute atomic E-state index is 0.876. The Balaban J connectivity index is 2.85. The Kier molecular flexibility index (Phi) is 3.93. The summed E-state index contributed by atoms with van der Waals surface area (Å²) < 4.78 is 3.09. The smallest absolute Gasteiger partial charge is 0.0767 e. The van der Waals surface area contributed by atoms with Gasteiger partial charge < -0.3 is 5.32 Å². The zero-order valence-electron chi connectivity index (χ0n) is 8.39. The van der Waals surface area contributed by atoms with Crippen molar-refractivity contribution >= 4 is 15.9 Å². The molecule has 1 rings (SSSR count). The predicted molar refractivity (Wildman–Crippen MR) is 57.7 cm³/mol. The van der Waals surface area contributed by atoms with Crippen LogP contribution in [0.25, 0.3) is 0 Å². The van der Waals surface area contributed by atoms with Gasteiger partial charge in [-0.1, -0.05) is 13.8 Å². The van der Waals surface area contributed by atoms with Crippen molar-refractivity contribution in [2.75, 3.05) is 6.54 Å². The molecule has 0 aromatic carbocycles. The van der Waals surface area contributed by atoms with Gasteiger partial charge in [-0.3, -0.25) is 4.68 Å². The van der Waals surface area contributed by atoms with E-state index >= 15 is 0 Å². The largest absolute Gasteiger partial charge is 0.311 e. The topological polar surface area (TPSA) is 29.9 Å². The third-order valence-electron chi connectivity index (χ3n) is 2.05. The van der Waals surface area contributed by atoms with E-state index in [1.807, 2.05) is 11.7 Å². The van der Waals surface area contributed by atoms with Gasteiger partial charge in [-0.15, -0.1) is 0 Å². The second-order valence-electron chi connectivity index (χ2n) is 2.96. The molecule has 0 saturated carbocycles. The fourth-order valence-corrected chi connectivity index (χ4v) is 2.01. The maximum absolute atomic E-state index is 4.41. The quantitative estimate of drug-likeness (QED) is 0.878. The second kappa shape index (κ2) is 4.77. The summed E-state index contributed by atoms with van der Waals surface area (Å²) in [6, 6.07) is 0. The summed E-state index contributed by atoms with van der Waals surface area (Å²) in [6.45, 7) is 6.08. The normalized spacial score (nSPS) is 10.8. The lowest BCUT2D eigenvalue weighted by molar-refractivity contribution is 0.638. The highest BCUT2D eigenvalue weighted by Crippen LogP contribution is 2.21. The summed E-state index contributed by atoms with van der Waals surface area (Å²) >= 11 is 3.57. The van der Waals surface area contributed by atoms with E-state index in [2.05, 4.69) is 40.2 Å². The van der Waals surface area contributed by atoms with E-state index in [1.165, 1.54) is 5.69 Å². The fourth-order valence-electron chi connectivity index (χ4n) is 1.26. The van der Waals surface area contributed by atoms with Gasteiger partial charge in [0.25, 0.3) is 0 Å². The van der Waals surface area contributed by atoms with Crippen LogP contribution in [0.4, 0.5) is 0 Å². The summed E-state index contributed by atoms with van der Waals surface area (Å²) in [5.74, 6) is 0. The van der Waals surface area contributed by atoms with Gasteiger partial charge >= 0.3 is 0 Å². The number of nitrogens with one attached hydrogen (secondary N) is 1. The number of halogens is 1. The van der Waals surface area contributed by atoms with Crippen LogP contribution in [0.15, 0.2) is 4.47 Å². The molecule has 13 heavy (non-hydrogen) atoms. The summed E-state index contributed by atoms with van der Waals surface area (Å²) in [6.07, 6.45) is 0.973. The third-order valence-corrected chi connectivity index (χ3v) is 2.96. The molecule has 0 aliphatic heterocycles. The number of rotatable bonds is 4. The molecule has 1 heterocycles. The molecule has 0 fully saturated rings. The van der Waals surface area contributed by atoms with Gasteiger partial charge in [0.05, 0.1) is 15.9 Å². The highest BCUT2D eigenvalue weighted by molar-refractivity contribution is 9.10. The maximum atomic E-state index is 4.41. The molecular formula is C9H16BrN3. The number of hydrogen-bond donors (Lipinski definition) is 1. The van der Waals surface area contributed by atoms with E-state index in [4.69, 9.17) is 0 Å². The van der Waals surface area contributed by atoms with Crippen LogP contribution >= 0.6 is 15.9 Å². The molecule has 1 N–H and O–H groups in total. The fraction of sp³-hybridized carbons (Fsp3) is 0.667. The molecule has 1 aromatic rings. The summed E-state index contributed by atoms with van der Waals surface area (Å²) in [5, 5.41) is 7.70. The van der Waals surface area contributed by atoms with Crippen molar-refractivity contribution in [1.29, 1.82) is 0 Å². The van der Waals surface area contributed by atoms with Gasteiger partial charge in [-0.05, 0) is 28.9 Å². The van der Waals surface area contributed by atoms with Crippen LogP contribution in [-0.4, -0.2) is 16.3 Å². The lowest BCUT2D eigenvalue weighted by Gasteiger charge is -2.02. The average Bonchev–Trinajstić information content (AvgIpc) is 2.39. The highest BCUT2D eigenvalue weighted by atomic mass is 79.9. The first kappa shape index (κ1) is 10.7. The first-order valence-corrected chi connectivity index (χ1v) is 5.40. The summed E-state index contributed by atoms with van der Waals surface area (Å²) in [4.78, 5) is 0. The Hall–Kier alpha value is -0.350. The molecule has 3 nitrogen and oxygen atoms in total. The molecule has 0 amide bonds. The van der Waals surface area contributed by atoms with Crippen LogP contribution in [0, 0.1) is 0 Å². The molecule has 0 radical (unpaired) electrons. The molecule has 4 heteroatoms. The van der Waals surface area contributed by atoms with Crippen LogP contribution in [0.1, 0.15) is 25.2 Å². The molecule has 0 spiro atoms. The Bertz CT molecular complexity index is 281. The molecule has 0 unspecified atom stereocenters. The SMILES string of the molecule is CCNCc1c(Br)c(CC)nn1C. The average molecular weight is 246 g/mol. The molecule has 74 valence electrons. The van der Waals surface area contributed by atoms with Crippen molar-refractivity contribution in [2.45, 2.75) is 26.8 Å². The maximum Gasteiger partial charge on any atom is 0.0767 e. The minimum Gasteiger partial charge on any atom is -0.311 e. The molecule has 1 aromatic heterocycles. The first-order chi connectivity index (χ1) is 6.20. The van der Waals surface area contributed by atoms with Gasteiger partial charge in [-0.2, -0.15) is 5.10 Å². The van der Waals surface area contributed by atoms with Gasteiger partial charge in [0.2, 0.25) is 0 Å². The predicted octanol–water partition coefficient (Wildman–Crippen LogP) is 1.85. The van der Waals surface area contributed by atoms with Gasteiger partial charge in [0.1, 0.15) is 0 Å². The highest BCUT2D eigenvalue weighted by Gasteiger charge is 2.10. The zero-order chi connectivity index (χ0) is 9.84. The second-order valence-corrected chi connectivity index (χ2v) is 3.76. The molecule has 0 saturated heterocycles. The molecule has 0 aliphatic carbocycles. The number of aromatic nitrogens is 2. The molecule has 0 bridgehead atoms. The monoisotopic (exact) mass is 245 g/mol. The van der Waals surface area contributed by atoms with Crippen LogP contribution in [0.3, 0.4) is 0 Å². The Morgan fingerprint density at radius 2 is 2.15 bits per heavy atom. The number of aryl methyl sites for hydroxylation is 2. The van der Waals surface area contributed by atoms with Crippen LogP contribution in [0.2, 0.25) is 0 Å². The van der Waals surface area contributed by atoms with Crippen molar-refractivity contribution in [3.05, 3.63) is 15.9 Å². The first-order valence-electron chi connectivity index (χ1n) is 4.61. The van der Waals surface area contributed by atoms with Crippen molar-refractivity contribution < 1.29 is 0 Å². The Labute approximate surface area is 87.6 Å². The van der Waals surface area contributed by atoms with Crippen LogP contribution in [0.5, 0.6) is 0 Å². The van der Waals surface area contributed by atoms with Crippen molar-refractivity contribution in [3.63, 3.8) is 0 Å². The van der Waals surface area contributed by atoms with Crippen LogP contribution < -0.4 is 5.32 Å². The van der Waals surface area contributed by atoms with E-state index in [0.717, 1.165) is 29.7 Å². The van der Waals surface area contributed by atoms with E-state index < -0.39 is 0 Å². The van der Waals surface area contributed by atoms with Crippen LogP contribution in [-0.2, 0) is 20.0 Å². The number of hydrogen-bond acceptors (Lipinski definition) is 2. The molecular weight excluding hydrogens is 230 g/mol. The van der Waals surface area contributed by atoms with E-state index in [-0.39, 0.29) is 0 Å². The van der Waals surface area contributed by atoms with E-state index in [1.54, 1.807) is 0 Å². The lowest BCUT2D eigenvalue weighted by Crippen LogP contribution is -2.14. The van der Waals surface area contributed by atoms with Gasteiger partial charge in [0.15, 0.2) is 0 Å². The third kappa shape index (κ3) is 2.31. The zero-order valence-corrected chi connectivity index (χ0v) is 9.98. The van der Waals surface area contributed by atoms with Gasteiger partial charge in [0, 0.05) is 13.6 Å². The molecule has 0 atom stereocenters. The number of nitrogens with zero attached hydrogens (tertiary/aromatic N) is 2. The van der Waals surface area contributed by atoms with E-state index in [9.17, 15) is 0 Å². The summed E-state index contributed by atoms with van der Waals surface area (Å²) in [7, 11) is 1.98. The minimum atomic E-state index is 0.876. The molecule has 0 aliphatic rings. The van der Waals surface area contributed by atoms with Gasteiger partial charge in [-0.25, -0.2) is 0 Å². The Morgan fingerprint density at radius 1 is 1.46 bits per heavy atom. The van der Waals surface area contributed by atoms with E-state index in [0.29, 0.717) is 0 Å². The summed E-state index contributed by atoms with van der Waals surface area (Å²) in [5.41, 5.74) is 2.36. The van der Waals surface area contributed by atoms with Crippen molar-refractivity contribution in [1.82, 2.24) is 15.1 Å². The Morgan fingerprint density at radius 3 is 2.62 bits per heavy atom. The van der Waals surface area contributed by atoms with Crippen molar-refractivity contribution in [2.24, 2.45) is 7.05 Å².